The number of nitrogens with zero attached hydrogens (tertiary/aromatic N) is 5. The molecule has 37 heavy (non-hydrogen) atoms. The molecular weight excluding hydrogens is 492 g/mol. The molecule has 1 aliphatic heterocycles. The molecule has 11 heteroatoms. The monoisotopic (exact) mass is 518 g/mol. The molecule has 1 amide bonds. The quantitative estimate of drug-likeness (QED) is 0.394. The lowest BCUT2D eigenvalue weighted by Gasteiger charge is -2.20. The van der Waals surface area contributed by atoms with Crippen LogP contribution in [0.5, 0.6) is 0 Å². The van der Waals surface area contributed by atoms with Crippen molar-refractivity contribution >= 4 is 32.5 Å². The van der Waals surface area contributed by atoms with E-state index in [4.69, 9.17) is 9.97 Å². The summed E-state index contributed by atoms with van der Waals surface area (Å²) in [6, 6.07) is 12.7. The van der Waals surface area contributed by atoms with Crippen molar-refractivity contribution in [2.75, 3.05) is 24.2 Å². The van der Waals surface area contributed by atoms with Crippen LogP contribution in [0.4, 0.5) is 5.82 Å². The first-order valence-corrected chi connectivity index (χ1v) is 13.6. The zero-order valence-corrected chi connectivity index (χ0v) is 21.2. The summed E-state index contributed by atoms with van der Waals surface area (Å²) in [6.07, 6.45) is 5.97. The zero-order valence-electron chi connectivity index (χ0n) is 20.4. The van der Waals surface area contributed by atoms with Gasteiger partial charge >= 0.3 is 0 Å². The normalized spacial score (nSPS) is 17.8. The van der Waals surface area contributed by atoms with Gasteiger partial charge in [-0.2, -0.15) is 0 Å². The molecular formula is C26H26N6O4S. The van der Waals surface area contributed by atoms with E-state index in [2.05, 4.69) is 20.2 Å². The van der Waals surface area contributed by atoms with Crippen LogP contribution < -0.4 is 10.2 Å². The van der Waals surface area contributed by atoms with Crippen molar-refractivity contribution < 1.29 is 18.3 Å². The van der Waals surface area contributed by atoms with Gasteiger partial charge in [-0.05, 0) is 49.7 Å². The molecule has 4 aromatic rings. The van der Waals surface area contributed by atoms with Gasteiger partial charge in [0, 0.05) is 43.3 Å². The van der Waals surface area contributed by atoms with E-state index in [1.807, 2.05) is 37.3 Å². The minimum Gasteiger partial charge on any atom is -0.388 e. The third-order valence-corrected chi connectivity index (χ3v) is 7.32. The summed E-state index contributed by atoms with van der Waals surface area (Å²) >= 11 is 0. The summed E-state index contributed by atoms with van der Waals surface area (Å²) in [5.41, 5.74) is 2.15. The molecule has 1 saturated heterocycles. The lowest BCUT2D eigenvalue weighted by Crippen LogP contribution is -2.30. The smallest absolute Gasteiger partial charge is 0.253 e. The van der Waals surface area contributed by atoms with E-state index in [-0.39, 0.29) is 17.0 Å². The number of hydrogen-bond donors (Lipinski definition) is 2. The number of fused-ring (bicyclic) bond motifs is 1. The molecule has 0 bridgehead atoms. The molecule has 10 nitrogen and oxygen atoms in total. The predicted molar refractivity (Wildman–Crippen MR) is 139 cm³/mol. The summed E-state index contributed by atoms with van der Waals surface area (Å²) in [4.78, 5) is 32.4. The molecule has 1 atom stereocenters. The number of carbonyl (C=O) groups excluding carboxylic acids is 1. The number of carbonyl (C=O) groups is 1. The van der Waals surface area contributed by atoms with E-state index in [1.54, 1.807) is 12.3 Å². The number of rotatable bonds is 6. The number of nitrogens with one attached hydrogen (secondary N) is 1. The Bertz CT molecular complexity index is 1610. The first-order valence-electron chi connectivity index (χ1n) is 11.7. The highest BCUT2D eigenvalue weighted by Gasteiger charge is 2.32. The van der Waals surface area contributed by atoms with Crippen molar-refractivity contribution in [3.05, 3.63) is 72.3 Å². The highest BCUT2D eigenvalue weighted by atomic mass is 32.2. The Hall–Kier alpha value is -3.96. The van der Waals surface area contributed by atoms with Crippen molar-refractivity contribution in [1.29, 1.82) is 0 Å². The van der Waals surface area contributed by atoms with Gasteiger partial charge in [-0.1, -0.05) is 6.07 Å². The van der Waals surface area contributed by atoms with Crippen LogP contribution in [0.2, 0.25) is 0 Å². The Morgan fingerprint density at radius 2 is 1.92 bits per heavy atom. The fourth-order valence-electron chi connectivity index (χ4n) is 4.20. The minimum absolute atomic E-state index is 0.0199. The maximum atomic E-state index is 12.6. The molecule has 1 aliphatic rings. The van der Waals surface area contributed by atoms with Crippen LogP contribution in [0.1, 0.15) is 29.4 Å². The average Bonchev–Trinajstić information content (AvgIpc) is 3.26. The van der Waals surface area contributed by atoms with E-state index in [0.717, 1.165) is 29.7 Å². The second kappa shape index (κ2) is 9.49. The number of anilines is 1. The molecule has 190 valence electrons. The standard InChI is InChI=1S/C26H26N6O4S/c1-26(34)8-9-32(16-26)24-5-3-4-21(31-24)22-7-6-17-13-28-19(11-23(17)30-22)14-29-25(33)18-10-20(15-27-12-18)37(2,35)36/h3-7,10-13,15,34H,8-9,14,16H2,1-2H3,(H,29,33)/t26-/m1/s1. The third-order valence-electron chi connectivity index (χ3n) is 6.24. The van der Waals surface area contributed by atoms with E-state index in [9.17, 15) is 18.3 Å². The van der Waals surface area contributed by atoms with Gasteiger partial charge in [0.2, 0.25) is 0 Å². The predicted octanol–water partition coefficient (Wildman–Crippen LogP) is 2.38. The number of hydrogen-bond acceptors (Lipinski definition) is 9. The third kappa shape index (κ3) is 5.57. The van der Waals surface area contributed by atoms with Crippen LogP contribution in [-0.2, 0) is 16.4 Å². The number of aliphatic hydroxyl groups is 1. The van der Waals surface area contributed by atoms with Crippen LogP contribution in [0.25, 0.3) is 22.3 Å². The highest BCUT2D eigenvalue weighted by molar-refractivity contribution is 7.90. The van der Waals surface area contributed by atoms with E-state index < -0.39 is 21.3 Å². The summed E-state index contributed by atoms with van der Waals surface area (Å²) in [6.45, 7) is 3.24. The number of β-amino-alcohol motifs (C(OH)–C–C–N with tert-alkyl or cyclic N) is 1. The minimum atomic E-state index is -3.47. The SMILES string of the molecule is C[C@@]1(O)CCN(c2cccc(-c3ccc4cnc(CNC(=O)c5cncc(S(C)(=O)=O)c5)cc4n3)n2)C1. The van der Waals surface area contributed by atoms with Gasteiger partial charge in [-0.3, -0.25) is 14.8 Å². The van der Waals surface area contributed by atoms with Gasteiger partial charge in [-0.15, -0.1) is 0 Å². The molecule has 5 heterocycles. The van der Waals surface area contributed by atoms with Crippen molar-refractivity contribution in [1.82, 2.24) is 25.3 Å². The molecule has 0 spiro atoms. The fraction of sp³-hybridized carbons (Fsp3) is 0.269. The number of pyridine rings is 4. The second-order valence-corrected chi connectivity index (χ2v) is 11.5. The summed E-state index contributed by atoms with van der Waals surface area (Å²) in [5.74, 6) is 0.341. The Morgan fingerprint density at radius 1 is 1.11 bits per heavy atom. The van der Waals surface area contributed by atoms with Crippen LogP contribution in [0.15, 0.2) is 66.0 Å². The van der Waals surface area contributed by atoms with Crippen LogP contribution in [0.3, 0.4) is 0 Å². The van der Waals surface area contributed by atoms with Crippen LogP contribution in [0, 0.1) is 0 Å². The molecule has 5 rings (SSSR count). The first kappa shape index (κ1) is 24.7. The highest BCUT2D eigenvalue weighted by Crippen LogP contribution is 2.27. The molecule has 0 aliphatic carbocycles. The molecule has 1 fully saturated rings. The Labute approximate surface area is 214 Å². The number of sulfone groups is 1. The van der Waals surface area contributed by atoms with Gasteiger partial charge in [-0.25, -0.2) is 18.4 Å². The van der Waals surface area contributed by atoms with Gasteiger partial charge < -0.3 is 15.3 Å². The Morgan fingerprint density at radius 3 is 2.68 bits per heavy atom. The lowest BCUT2D eigenvalue weighted by atomic mass is 10.1. The summed E-state index contributed by atoms with van der Waals surface area (Å²) in [5, 5.41) is 13.9. The van der Waals surface area contributed by atoms with Crippen molar-refractivity contribution in [3.63, 3.8) is 0 Å². The van der Waals surface area contributed by atoms with Gasteiger partial charge in [0.25, 0.3) is 5.91 Å². The van der Waals surface area contributed by atoms with E-state index in [1.165, 1.54) is 18.5 Å². The maximum absolute atomic E-state index is 12.6. The zero-order chi connectivity index (χ0) is 26.2. The van der Waals surface area contributed by atoms with Crippen molar-refractivity contribution in [2.24, 2.45) is 0 Å². The molecule has 4 aromatic heterocycles. The topological polar surface area (TPSA) is 138 Å². The molecule has 0 aromatic carbocycles. The first-order chi connectivity index (χ1) is 17.6. The fourth-order valence-corrected chi connectivity index (χ4v) is 4.79. The van der Waals surface area contributed by atoms with E-state index >= 15 is 0 Å². The van der Waals surface area contributed by atoms with Gasteiger partial charge in [0.15, 0.2) is 9.84 Å². The van der Waals surface area contributed by atoms with Crippen LogP contribution in [-0.4, -0.2) is 64.3 Å². The van der Waals surface area contributed by atoms with Crippen molar-refractivity contribution in [2.45, 2.75) is 30.4 Å². The van der Waals surface area contributed by atoms with Gasteiger partial charge in [0.1, 0.15) is 5.82 Å². The second-order valence-electron chi connectivity index (χ2n) is 9.48. The van der Waals surface area contributed by atoms with Crippen molar-refractivity contribution in [3.8, 4) is 11.4 Å². The summed E-state index contributed by atoms with van der Waals surface area (Å²) in [7, 11) is -3.47. The number of aromatic nitrogens is 4. The Kier molecular flexibility index (Phi) is 6.34. The molecule has 0 saturated carbocycles. The lowest BCUT2D eigenvalue weighted by molar-refractivity contribution is 0.0838. The molecule has 2 N–H and O–H groups in total. The van der Waals surface area contributed by atoms with Crippen LogP contribution >= 0.6 is 0 Å². The average molecular weight is 519 g/mol. The van der Waals surface area contributed by atoms with Gasteiger partial charge in [0.05, 0.1) is 45.2 Å². The Balaban J connectivity index is 1.34. The maximum Gasteiger partial charge on any atom is 0.253 e. The number of amides is 1. The summed E-state index contributed by atoms with van der Waals surface area (Å²) < 4.78 is 23.5. The molecule has 0 radical (unpaired) electrons. The molecule has 0 unspecified atom stereocenters. The van der Waals surface area contributed by atoms with E-state index in [0.29, 0.717) is 29.9 Å². The largest absolute Gasteiger partial charge is 0.388 e.